The van der Waals surface area contributed by atoms with Gasteiger partial charge in [-0.3, -0.25) is 0 Å². The van der Waals surface area contributed by atoms with Crippen LogP contribution in [0.1, 0.15) is 5.56 Å². The maximum Gasteiger partial charge on any atom is 1.00 e. The number of nitrogens with one attached hydrogen (secondary N) is 1. The van der Waals surface area contributed by atoms with E-state index in [9.17, 15) is 12.9 Å². The normalized spacial score (nSPS) is 10.7. The first kappa shape index (κ1) is 16.8. The zero-order valence-electron chi connectivity index (χ0n) is 10.6. The number of hydrogen-bond acceptors (Lipinski definition) is 1. The van der Waals surface area contributed by atoms with Gasteiger partial charge >= 0.3 is 58.4 Å². The Morgan fingerprint density at radius 1 is 0.842 bits per heavy atom. The predicted molar refractivity (Wildman–Crippen MR) is 68.9 cm³/mol. The number of benzene rings is 2. The van der Waals surface area contributed by atoms with Gasteiger partial charge in [-0.15, -0.1) is 5.46 Å². The molecule has 0 atom stereocenters. The second-order valence-electron chi connectivity index (χ2n) is 4.04. The van der Waals surface area contributed by atoms with Crippen LogP contribution in [0.15, 0.2) is 54.6 Å². The average Bonchev–Trinajstić information content (AvgIpc) is 2.37. The predicted octanol–water partition coefficient (Wildman–Crippen LogP) is 0.357. The van der Waals surface area contributed by atoms with E-state index in [-0.39, 0.29) is 51.4 Å². The Balaban J connectivity index is 0.00000180. The quantitative estimate of drug-likeness (QED) is 0.801. The monoisotopic (exact) mass is 289 g/mol. The van der Waals surface area contributed by atoms with E-state index < -0.39 is 12.4 Å². The minimum absolute atomic E-state index is 0. The van der Waals surface area contributed by atoms with Crippen LogP contribution in [0.4, 0.5) is 18.6 Å². The van der Waals surface area contributed by atoms with E-state index in [2.05, 4.69) is 5.32 Å². The third-order valence-electron chi connectivity index (χ3n) is 2.63. The van der Waals surface area contributed by atoms with Crippen LogP contribution in [0.5, 0.6) is 0 Å². The second-order valence-corrected chi connectivity index (χ2v) is 4.04. The molecule has 0 saturated heterocycles. The molecule has 0 aromatic heterocycles. The SMILES string of the molecule is F[B-](F)(F)c1ccc(CNc2ccccc2)cc1.[K+]. The molecule has 0 heterocycles. The van der Waals surface area contributed by atoms with Gasteiger partial charge < -0.3 is 18.3 Å². The van der Waals surface area contributed by atoms with Gasteiger partial charge in [0.15, 0.2) is 0 Å². The van der Waals surface area contributed by atoms with Gasteiger partial charge in [-0.2, -0.15) is 0 Å². The molecule has 1 N–H and O–H groups in total. The van der Waals surface area contributed by atoms with Crippen molar-refractivity contribution in [2.45, 2.75) is 6.54 Å². The Morgan fingerprint density at radius 3 is 1.95 bits per heavy atom. The van der Waals surface area contributed by atoms with E-state index in [0.717, 1.165) is 23.4 Å². The summed E-state index contributed by atoms with van der Waals surface area (Å²) in [6.07, 6.45) is 0. The number of para-hydroxylation sites is 1. The minimum atomic E-state index is -4.90. The fourth-order valence-electron chi connectivity index (χ4n) is 1.61. The van der Waals surface area contributed by atoms with Crippen LogP contribution < -0.4 is 62.2 Å². The molecule has 0 fully saturated rings. The van der Waals surface area contributed by atoms with Gasteiger partial charge in [-0.05, 0) is 17.7 Å². The van der Waals surface area contributed by atoms with Gasteiger partial charge in [-0.25, -0.2) is 0 Å². The molecule has 0 aliphatic rings. The summed E-state index contributed by atoms with van der Waals surface area (Å²) in [5.41, 5.74) is 1.21. The van der Waals surface area contributed by atoms with Crippen molar-refractivity contribution in [3.8, 4) is 0 Å². The number of hydrogen-bond donors (Lipinski definition) is 1. The Morgan fingerprint density at radius 2 is 1.42 bits per heavy atom. The summed E-state index contributed by atoms with van der Waals surface area (Å²) in [5.74, 6) is 0. The van der Waals surface area contributed by atoms with Crippen LogP contribution in [0, 0.1) is 0 Å². The third kappa shape index (κ3) is 5.32. The first-order valence-electron chi connectivity index (χ1n) is 5.63. The van der Waals surface area contributed by atoms with Crippen LogP contribution in [-0.4, -0.2) is 6.98 Å². The Hall–Kier alpha value is -0.269. The van der Waals surface area contributed by atoms with Gasteiger partial charge in [0.25, 0.3) is 0 Å². The van der Waals surface area contributed by atoms with Crippen molar-refractivity contribution >= 4 is 18.1 Å². The van der Waals surface area contributed by atoms with Crippen LogP contribution in [0.25, 0.3) is 0 Å². The van der Waals surface area contributed by atoms with Crippen LogP contribution in [-0.2, 0) is 6.54 Å². The summed E-state index contributed by atoms with van der Waals surface area (Å²) in [7, 11) is 0. The first-order valence-corrected chi connectivity index (χ1v) is 5.63. The molecule has 94 valence electrons. The molecule has 2 rings (SSSR count). The fourth-order valence-corrected chi connectivity index (χ4v) is 1.61. The molecule has 0 aliphatic carbocycles. The molecular weight excluding hydrogens is 277 g/mol. The summed E-state index contributed by atoms with van der Waals surface area (Å²) in [6.45, 7) is -4.39. The van der Waals surface area contributed by atoms with Gasteiger partial charge in [0, 0.05) is 12.2 Å². The molecule has 19 heavy (non-hydrogen) atoms. The Bertz CT molecular complexity index is 500. The molecule has 0 spiro atoms. The number of anilines is 1. The minimum Gasteiger partial charge on any atom is -0.445 e. The van der Waals surface area contributed by atoms with Crippen molar-refractivity contribution in [3.05, 3.63) is 60.2 Å². The summed E-state index contributed by atoms with van der Waals surface area (Å²) in [4.78, 5) is 0. The van der Waals surface area contributed by atoms with Crippen LogP contribution in [0.2, 0.25) is 0 Å². The van der Waals surface area contributed by atoms with Crippen LogP contribution >= 0.6 is 0 Å². The molecule has 0 unspecified atom stereocenters. The van der Waals surface area contributed by atoms with Crippen LogP contribution in [0.3, 0.4) is 0 Å². The molecule has 0 amide bonds. The fraction of sp³-hybridized carbons (Fsp3) is 0.0769. The maximum atomic E-state index is 12.4. The van der Waals surface area contributed by atoms with E-state index in [0.29, 0.717) is 6.54 Å². The largest absolute Gasteiger partial charge is 1.00 e. The van der Waals surface area contributed by atoms with E-state index >= 15 is 0 Å². The van der Waals surface area contributed by atoms with E-state index in [1.807, 2.05) is 30.3 Å². The molecule has 0 saturated carbocycles. The standard InChI is InChI=1S/C13H12BF3N.K/c15-14(16,17)12-8-6-11(7-9-12)10-18-13-4-2-1-3-5-13;/h1-9,18H,10H2;/q-1;+1. The zero-order chi connectivity index (χ0) is 13.0. The second kappa shape index (κ2) is 7.50. The summed E-state index contributed by atoms with van der Waals surface area (Å²) in [5, 5.41) is 3.14. The molecule has 0 aliphatic heterocycles. The summed E-state index contributed by atoms with van der Waals surface area (Å²) in [6, 6.07) is 14.8. The Labute approximate surface area is 153 Å². The molecule has 0 radical (unpaired) electrons. The smallest absolute Gasteiger partial charge is 0.445 e. The van der Waals surface area contributed by atoms with E-state index in [1.165, 1.54) is 12.1 Å². The van der Waals surface area contributed by atoms with Gasteiger partial charge in [-0.1, -0.05) is 42.5 Å². The third-order valence-corrected chi connectivity index (χ3v) is 2.63. The van der Waals surface area contributed by atoms with Gasteiger partial charge in [0.2, 0.25) is 0 Å². The van der Waals surface area contributed by atoms with Crippen molar-refractivity contribution in [3.63, 3.8) is 0 Å². The molecule has 2 aromatic rings. The summed E-state index contributed by atoms with van der Waals surface area (Å²) < 4.78 is 37.3. The summed E-state index contributed by atoms with van der Waals surface area (Å²) >= 11 is 0. The first-order chi connectivity index (χ1) is 8.55. The molecular formula is C13H12BF3KN. The van der Waals surface area contributed by atoms with E-state index in [1.54, 1.807) is 0 Å². The molecule has 6 heteroatoms. The zero-order valence-corrected chi connectivity index (χ0v) is 13.7. The number of rotatable bonds is 4. The Kier molecular flexibility index (Phi) is 6.62. The maximum absolute atomic E-state index is 12.4. The van der Waals surface area contributed by atoms with Crippen molar-refractivity contribution in [2.75, 3.05) is 5.32 Å². The van der Waals surface area contributed by atoms with Crippen molar-refractivity contribution in [1.29, 1.82) is 0 Å². The van der Waals surface area contributed by atoms with Crippen molar-refractivity contribution in [2.24, 2.45) is 0 Å². The molecule has 0 bridgehead atoms. The molecule has 1 nitrogen and oxygen atoms in total. The van der Waals surface area contributed by atoms with E-state index in [4.69, 9.17) is 0 Å². The van der Waals surface area contributed by atoms with Crippen molar-refractivity contribution in [1.82, 2.24) is 0 Å². The van der Waals surface area contributed by atoms with Gasteiger partial charge in [0.1, 0.15) is 0 Å². The number of halogens is 3. The average molecular weight is 289 g/mol. The van der Waals surface area contributed by atoms with Gasteiger partial charge in [0.05, 0.1) is 0 Å². The molecule has 2 aromatic carbocycles. The topological polar surface area (TPSA) is 12.0 Å². The van der Waals surface area contributed by atoms with Crippen molar-refractivity contribution < 1.29 is 64.3 Å².